The van der Waals surface area contributed by atoms with Gasteiger partial charge in [0.25, 0.3) is 5.89 Å². The Morgan fingerprint density at radius 3 is 2.79 bits per heavy atom. The van der Waals surface area contributed by atoms with Crippen LogP contribution in [-0.4, -0.2) is 23.8 Å². The number of hydrogen-bond acceptors (Lipinski definition) is 5. The summed E-state index contributed by atoms with van der Waals surface area (Å²) in [7, 11) is 1.54. The van der Waals surface area contributed by atoms with E-state index in [0.717, 1.165) is 5.56 Å². The predicted molar refractivity (Wildman–Crippen MR) is 72.4 cm³/mol. The highest BCUT2D eigenvalue weighted by atomic mass is 35.5. The summed E-state index contributed by atoms with van der Waals surface area (Å²) < 4.78 is 10.2. The second kappa shape index (κ2) is 6.34. The van der Waals surface area contributed by atoms with E-state index in [1.165, 1.54) is 0 Å². The first kappa shape index (κ1) is 14.3. The van der Waals surface area contributed by atoms with Gasteiger partial charge in [-0.3, -0.25) is 0 Å². The Morgan fingerprint density at radius 2 is 2.16 bits per heavy atom. The Morgan fingerprint density at radius 1 is 1.37 bits per heavy atom. The monoisotopic (exact) mass is 301 g/mol. The highest BCUT2D eigenvalue weighted by molar-refractivity contribution is 6.42. The first-order valence-electron chi connectivity index (χ1n) is 5.63. The molecule has 19 heavy (non-hydrogen) atoms. The van der Waals surface area contributed by atoms with E-state index < -0.39 is 0 Å². The summed E-state index contributed by atoms with van der Waals surface area (Å²) in [5.41, 5.74) is 6.48. The Balaban J connectivity index is 2.13. The summed E-state index contributed by atoms with van der Waals surface area (Å²) in [6.07, 6.45) is 0.122. The van der Waals surface area contributed by atoms with Gasteiger partial charge in [0.15, 0.2) is 5.82 Å². The molecule has 5 nitrogen and oxygen atoms in total. The zero-order valence-corrected chi connectivity index (χ0v) is 11.8. The van der Waals surface area contributed by atoms with Crippen molar-refractivity contribution in [2.24, 2.45) is 5.73 Å². The number of nitrogens with zero attached hydrogens (tertiary/aromatic N) is 2. The first-order valence-corrected chi connectivity index (χ1v) is 6.39. The van der Waals surface area contributed by atoms with Crippen molar-refractivity contribution in [3.8, 4) is 0 Å². The topological polar surface area (TPSA) is 74.2 Å². The van der Waals surface area contributed by atoms with Crippen molar-refractivity contribution in [3.63, 3.8) is 0 Å². The van der Waals surface area contributed by atoms with Gasteiger partial charge in [0, 0.05) is 20.1 Å². The lowest BCUT2D eigenvalue weighted by Crippen LogP contribution is -2.14. The van der Waals surface area contributed by atoms with Crippen LogP contribution in [0.3, 0.4) is 0 Å². The van der Waals surface area contributed by atoms with Crippen molar-refractivity contribution in [2.45, 2.75) is 12.5 Å². The Hall–Kier alpha value is -1.14. The molecule has 1 aromatic carbocycles. The molecule has 2 aromatic rings. The molecule has 7 heteroatoms. The Kier molecular flexibility index (Phi) is 4.76. The summed E-state index contributed by atoms with van der Waals surface area (Å²) in [4.78, 5) is 4.24. The third-order valence-electron chi connectivity index (χ3n) is 2.60. The maximum atomic E-state index is 5.95. The lowest BCUT2D eigenvalue weighted by atomic mass is 10.1. The number of methoxy groups -OCH3 is 1. The fourth-order valence-corrected chi connectivity index (χ4v) is 1.92. The lowest BCUT2D eigenvalue weighted by molar-refractivity contribution is 0.0804. The molecule has 0 radical (unpaired) electrons. The molecule has 1 unspecified atom stereocenters. The third-order valence-corrected chi connectivity index (χ3v) is 3.34. The van der Waals surface area contributed by atoms with Gasteiger partial charge >= 0.3 is 0 Å². The molecule has 0 spiro atoms. The number of rotatable bonds is 5. The molecule has 1 atom stereocenters. The molecule has 2 rings (SSSR count). The molecule has 0 aliphatic rings. The summed E-state index contributed by atoms with van der Waals surface area (Å²) >= 11 is 11.8. The van der Waals surface area contributed by atoms with E-state index in [9.17, 15) is 0 Å². The SMILES string of the molecule is COC(CN)c1nc(Cc2ccc(Cl)c(Cl)c2)no1. The van der Waals surface area contributed by atoms with Gasteiger partial charge in [0.2, 0.25) is 0 Å². The zero-order chi connectivity index (χ0) is 13.8. The molecule has 0 saturated heterocycles. The molecule has 0 aliphatic carbocycles. The van der Waals surface area contributed by atoms with Crippen LogP contribution in [0.25, 0.3) is 0 Å². The molecular weight excluding hydrogens is 289 g/mol. The van der Waals surface area contributed by atoms with Crippen molar-refractivity contribution in [3.05, 3.63) is 45.5 Å². The van der Waals surface area contributed by atoms with Crippen molar-refractivity contribution >= 4 is 23.2 Å². The minimum atomic E-state index is -0.380. The third kappa shape index (κ3) is 3.45. The van der Waals surface area contributed by atoms with Gasteiger partial charge in [-0.2, -0.15) is 4.98 Å². The average molecular weight is 302 g/mol. The molecule has 0 aliphatic heterocycles. The van der Waals surface area contributed by atoms with Crippen LogP contribution >= 0.6 is 23.2 Å². The van der Waals surface area contributed by atoms with Crippen molar-refractivity contribution in [1.29, 1.82) is 0 Å². The largest absolute Gasteiger partial charge is 0.370 e. The summed E-state index contributed by atoms with van der Waals surface area (Å²) in [6.45, 7) is 0.283. The second-order valence-electron chi connectivity index (χ2n) is 3.93. The van der Waals surface area contributed by atoms with Crippen LogP contribution in [0.15, 0.2) is 22.7 Å². The first-order chi connectivity index (χ1) is 9.13. The standard InChI is InChI=1S/C12H13Cl2N3O2/c1-18-10(6-15)12-16-11(17-19-12)5-7-2-3-8(13)9(14)4-7/h2-4,10H,5-6,15H2,1H3. The number of ether oxygens (including phenoxy) is 1. The highest BCUT2D eigenvalue weighted by Crippen LogP contribution is 2.23. The highest BCUT2D eigenvalue weighted by Gasteiger charge is 2.17. The van der Waals surface area contributed by atoms with Gasteiger partial charge in [0.05, 0.1) is 10.0 Å². The van der Waals surface area contributed by atoms with Gasteiger partial charge in [-0.25, -0.2) is 0 Å². The Bertz CT molecular complexity index is 556. The molecule has 0 amide bonds. The second-order valence-corrected chi connectivity index (χ2v) is 4.75. The predicted octanol–water partition coefficient (Wildman–Crippen LogP) is 2.61. The maximum absolute atomic E-state index is 5.95. The number of nitrogens with two attached hydrogens (primary N) is 1. The van der Waals surface area contributed by atoms with Crippen molar-refractivity contribution in [1.82, 2.24) is 10.1 Å². The van der Waals surface area contributed by atoms with Gasteiger partial charge in [-0.1, -0.05) is 34.4 Å². The fourth-order valence-electron chi connectivity index (χ4n) is 1.60. The minimum absolute atomic E-state index is 0.283. The van der Waals surface area contributed by atoms with Crippen LogP contribution in [0.1, 0.15) is 23.4 Å². The maximum Gasteiger partial charge on any atom is 0.257 e. The van der Waals surface area contributed by atoms with Crippen LogP contribution in [-0.2, 0) is 11.2 Å². The molecule has 1 heterocycles. The normalized spacial score (nSPS) is 12.6. The molecule has 2 N–H and O–H groups in total. The van der Waals surface area contributed by atoms with Crippen LogP contribution in [0, 0.1) is 0 Å². The molecular formula is C12H13Cl2N3O2. The summed E-state index contributed by atoms with van der Waals surface area (Å²) in [5.74, 6) is 0.920. The number of benzene rings is 1. The van der Waals surface area contributed by atoms with Crippen molar-refractivity contribution < 1.29 is 9.26 Å². The van der Waals surface area contributed by atoms with E-state index in [4.69, 9.17) is 38.2 Å². The molecule has 0 fully saturated rings. The quantitative estimate of drug-likeness (QED) is 0.919. The lowest BCUT2D eigenvalue weighted by Gasteiger charge is -2.05. The van der Waals surface area contributed by atoms with Gasteiger partial charge in [0.1, 0.15) is 6.10 Å². The van der Waals surface area contributed by atoms with E-state index in [-0.39, 0.29) is 12.6 Å². The van der Waals surface area contributed by atoms with E-state index in [0.29, 0.717) is 28.2 Å². The number of aromatic nitrogens is 2. The van der Waals surface area contributed by atoms with E-state index in [1.807, 2.05) is 6.07 Å². The van der Waals surface area contributed by atoms with Crippen molar-refractivity contribution in [2.75, 3.05) is 13.7 Å². The summed E-state index contributed by atoms with van der Waals surface area (Å²) in [6, 6.07) is 5.37. The van der Waals surface area contributed by atoms with Gasteiger partial charge in [-0.15, -0.1) is 0 Å². The van der Waals surface area contributed by atoms with E-state index in [2.05, 4.69) is 10.1 Å². The van der Waals surface area contributed by atoms with Crippen LogP contribution in [0.2, 0.25) is 10.0 Å². The fraction of sp³-hybridized carbons (Fsp3) is 0.333. The van der Waals surface area contributed by atoms with Crippen LogP contribution < -0.4 is 5.73 Å². The average Bonchev–Trinajstić information content (AvgIpc) is 2.84. The molecule has 0 saturated carbocycles. The smallest absolute Gasteiger partial charge is 0.257 e. The summed E-state index contributed by atoms with van der Waals surface area (Å²) in [5, 5.41) is 4.90. The number of hydrogen-bond donors (Lipinski definition) is 1. The minimum Gasteiger partial charge on any atom is -0.370 e. The molecule has 1 aromatic heterocycles. The van der Waals surface area contributed by atoms with Gasteiger partial charge < -0.3 is 15.0 Å². The van der Waals surface area contributed by atoms with Crippen LogP contribution in [0.4, 0.5) is 0 Å². The molecule has 0 bridgehead atoms. The van der Waals surface area contributed by atoms with E-state index in [1.54, 1.807) is 19.2 Å². The Labute approximate surface area is 120 Å². The van der Waals surface area contributed by atoms with E-state index >= 15 is 0 Å². The van der Waals surface area contributed by atoms with Crippen LogP contribution in [0.5, 0.6) is 0 Å². The molecule has 102 valence electrons. The van der Waals surface area contributed by atoms with Gasteiger partial charge in [-0.05, 0) is 17.7 Å². The number of halogens is 2. The zero-order valence-electron chi connectivity index (χ0n) is 10.3.